The van der Waals surface area contributed by atoms with Gasteiger partial charge in [0.25, 0.3) is 5.02 Å². The first-order chi connectivity index (χ1) is 9.08. The van der Waals surface area contributed by atoms with Crippen LogP contribution < -0.4 is 5.43 Å². The predicted octanol–water partition coefficient (Wildman–Crippen LogP) is 0.104. The van der Waals surface area contributed by atoms with Crippen molar-refractivity contribution in [2.75, 3.05) is 0 Å². The van der Waals surface area contributed by atoms with Gasteiger partial charge in [0, 0.05) is 12.3 Å². The molecule has 9 nitrogen and oxygen atoms in total. The average molecular weight is 326 g/mol. The van der Waals surface area contributed by atoms with E-state index in [0.717, 1.165) is 12.8 Å². The number of ketones is 1. The number of Topliss-reactive ketones (excluding diaryl/α,β-unsaturated/α-hetero) is 1. The Morgan fingerprint density at radius 1 is 1.15 bits per heavy atom. The third-order valence-corrected chi connectivity index (χ3v) is 7.76. The van der Waals surface area contributed by atoms with Gasteiger partial charge in [-0.2, -0.15) is 5.10 Å². The van der Waals surface area contributed by atoms with Crippen molar-refractivity contribution < 1.29 is 33.5 Å². The normalized spacial score (nSPS) is 23.5. The summed E-state index contributed by atoms with van der Waals surface area (Å²) in [6.45, 7) is 0. The summed E-state index contributed by atoms with van der Waals surface area (Å²) in [6.07, 6.45) is 2.34. The molecule has 0 amide bonds. The smallest absolute Gasteiger partial charge is 0.322 e. The van der Waals surface area contributed by atoms with Crippen molar-refractivity contribution >= 4 is 26.7 Å². The zero-order valence-corrected chi connectivity index (χ0v) is 12.3. The Kier molecular flexibility index (Phi) is 3.97. The van der Waals surface area contributed by atoms with E-state index >= 15 is 0 Å². The lowest BCUT2D eigenvalue weighted by Gasteiger charge is -2.29. The van der Waals surface area contributed by atoms with E-state index in [2.05, 4.69) is 5.10 Å². The van der Waals surface area contributed by atoms with Gasteiger partial charge in [0.15, 0.2) is 5.78 Å². The highest BCUT2D eigenvalue weighted by atomic mass is 31.2. The molecule has 2 aliphatic rings. The van der Waals surface area contributed by atoms with Crippen LogP contribution in [-0.4, -0.2) is 36.1 Å². The lowest BCUT2D eigenvalue weighted by molar-refractivity contribution is -0.116. The van der Waals surface area contributed by atoms with Crippen LogP contribution in [0.25, 0.3) is 0 Å². The van der Waals surface area contributed by atoms with E-state index < -0.39 is 32.4 Å². The van der Waals surface area contributed by atoms with Crippen LogP contribution >= 0.6 is 15.2 Å². The Morgan fingerprint density at radius 3 is 2.05 bits per heavy atom. The van der Waals surface area contributed by atoms with Gasteiger partial charge in [0.05, 0.1) is 0 Å². The number of rotatable bonds is 4. The summed E-state index contributed by atoms with van der Waals surface area (Å²) in [6, 6.07) is 0. The number of carbonyl (C=O) groups excluding carboxylic acids is 1. The summed E-state index contributed by atoms with van der Waals surface area (Å²) < 4.78 is 22.9. The van der Waals surface area contributed by atoms with Gasteiger partial charge in [-0.25, -0.2) is 0 Å². The van der Waals surface area contributed by atoms with Gasteiger partial charge >= 0.3 is 15.2 Å². The number of carbonyl (C=O) groups is 1. The van der Waals surface area contributed by atoms with Crippen LogP contribution in [-0.2, 0) is 13.9 Å². The van der Waals surface area contributed by atoms with Crippen LogP contribution in [0.4, 0.5) is 0 Å². The molecule has 0 bridgehead atoms. The van der Waals surface area contributed by atoms with Crippen molar-refractivity contribution in [3.63, 3.8) is 0 Å². The molecule has 0 aromatic carbocycles. The molecular weight excluding hydrogens is 310 g/mol. The second kappa shape index (κ2) is 5.02. The van der Waals surface area contributed by atoms with Gasteiger partial charge in [-0.3, -0.25) is 19.4 Å². The molecular formula is C9H16N2O7P2. The molecule has 20 heavy (non-hydrogen) atoms. The van der Waals surface area contributed by atoms with Crippen molar-refractivity contribution in [3.05, 3.63) is 0 Å². The minimum absolute atomic E-state index is 0.205. The molecule has 0 spiro atoms. The van der Waals surface area contributed by atoms with Gasteiger partial charge in [0.1, 0.15) is 5.71 Å². The summed E-state index contributed by atoms with van der Waals surface area (Å²) in [5.41, 5.74) is 1.64. The summed E-state index contributed by atoms with van der Waals surface area (Å²) >= 11 is 0. The first kappa shape index (κ1) is 15.8. The molecule has 5 N–H and O–H groups in total. The molecule has 114 valence electrons. The maximum absolute atomic E-state index is 12.1. The monoisotopic (exact) mass is 326 g/mol. The molecule has 0 atom stereocenters. The molecule has 1 aliphatic heterocycles. The van der Waals surface area contributed by atoms with Crippen molar-refractivity contribution in [2.24, 2.45) is 11.0 Å². The molecule has 0 aromatic rings. The third-order valence-electron chi connectivity index (χ3n) is 3.76. The highest BCUT2D eigenvalue weighted by Gasteiger charge is 2.64. The Morgan fingerprint density at radius 2 is 1.65 bits per heavy atom. The number of nitrogens with zero attached hydrogens (tertiary/aromatic N) is 1. The second-order valence-corrected chi connectivity index (χ2v) is 9.15. The highest BCUT2D eigenvalue weighted by Crippen LogP contribution is 2.70. The first-order valence-electron chi connectivity index (χ1n) is 6.08. The fraction of sp³-hybridized carbons (Fsp3) is 0.778. The van der Waals surface area contributed by atoms with E-state index in [4.69, 9.17) is 0 Å². The Bertz CT molecular complexity index is 520. The van der Waals surface area contributed by atoms with Crippen LogP contribution in [0.3, 0.4) is 0 Å². The van der Waals surface area contributed by atoms with E-state index in [-0.39, 0.29) is 11.6 Å². The molecule has 1 saturated carbocycles. The summed E-state index contributed by atoms with van der Waals surface area (Å²) in [4.78, 5) is 49.1. The van der Waals surface area contributed by atoms with Gasteiger partial charge in [-0.05, 0) is 12.8 Å². The highest BCUT2D eigenvalue weighted by molar-refractivity contribution is 7.72. The lowest BCUT2D eigenvalue weighted by atomic mass is 9.97. The fourth-order valence-corrected chi connectivity index (χ4v) is 4.97. The number of nitrogens with one attached hydrogen (secondary N) is 1. The second-order valence-electron chi connectivity index (χ2n) is 5.10. The van der Waals surface area contributed by atoms with Crippen LogP contribution in [0, 0.1) is 5.92 Å². The van der Waals surface area contributed by atoms with Gasteiger partial charge < -0.3 is 19.6 Å². The topological polar surface area (TPSA) is 157 Å². The molecule has 1 heterocycles. The van der Waals surface area contributed by atoms with Crippen LogP contribution in [0.5, 0.6) is 0 Å². The molecule has 0 unspecified atom stereocenters. The molecule has 11 heteroatoms. The van der Waals surface area contributed by atoms with Gasteiger partial charge in [-0.1, -0.05) is 12.8 Å². The summed E-state index contributed by atoms with van der Waals surface area (Å²) in [5, 5.41) is 0.684. The minimum atomic E-state index is -5.22. The largest absolute Gasteiger partial charge is 0.365 e. The molecule has 0 radical (unpaired) electrons. The average Bonchev–Trinajstić information content (AvgIpc) is 2.96. The Hall–Kier alpha value is -0.560. The van der Waals surface area contributed by atoms with Crippen LogP contribution in [0.15, 0.2) is 5.10 Å². The van der Waals surface area contributed by atoms with E-state index in [9.17, 15) is 33.5 Å². The zero-order chi connectivity index (χ0) is 15.2. The van der Waals surface area contributed by atoms with Crippen molar-refractivity contribution in [2.45, 2.75) is 37.1 Å². The first-order valence-corrected chi connectivity index (χ1v) is 9.30. The fourth-order valence-electron chi connectivity index (χ4n) is 2.54. The van der Waals surface area contributed by atoms with Crippen LogP contribution in [0.1, 0.15) is 32.1 Å². The Labute approximate surface area is 114 Å². The molecule has 0 saturated heterocycles. The van der Waals surface area contributed by atoms with Gasteiger partial charge in [-0.15, -0.1) is 0 Å². The molecule has 0 aromatic heterocycles. The van der Waals surface area contributed by atoms with Gasteiger partial charge in [0.2, 0.25) is 0 Å². The maximum atomic E-state index is 12.1. The number of hydrogen-bond acceptors (Lipinski definition) is 5. The van der Waals surface area contributed by atoms with Crippen molar-refractivity contribution in [3.8, 4) is 0 Å². The lowest BCUT2D eigenvalue weighted by Crippen LogP contribution is -2.39. The standard InChI is InChI=1S/C9H16N2O7P2/c12-8(6-3-1-2-4-6)7-5-9(11-10-7,19(13,14)15)20(16,17)18/h6,11H,1-5H2,(H2,13,14,15)(H2,16,17,18). The Balaban J connectivity index is 2.25. The van der Waals surface area contributed by atoms with E-state index in [1.807, 2.05) is 5.43 Å². The summed E-state index contributed by atoms with van der Waals surface area (Å²) in [7, 11) is -10.4. The molecule has 1 aliphatic carbocycles. The third kappa shape index (κ3) is 2.50. The SMILES string of the molecule is O=C(C1=NNC(P(=O)(O)O)(P(=O)(O)O)C1)C1CCCC1. The predicted molar refractivity (Wildman–Crippen MR) is 69.0 cm³/mol. The van der Waals surface area contributed by atoms with Crippen molar-refractivity contribution in [1.29, 1.82) is 0 Å². The minimum Gasteiger partial charge on any atom is -0.322 e. The number of hydrazone groups is 1. The summed E-state index contributed by atoms with van der Waals surface area (Å²) in [5.74, 6) is -0.668. The van der Waals surface area contributed by atoms with E-state index in [1.165, 1.54) is 0 Å². The molecule has 2 rings (SSSR count). The van der Waals surface area contributed by atoms with Crippen LogP contribution in [0.2, 0.25) is 0 Å². The van der Waals surface area contributed by atoms with E-state index in [0.29, 0.717) is 12.8 Å². The molecule has 1 fully saturated rings. The maximum Gasteiger partial charge on any atom is 0.365 e. The number of hydrogen-bond donors (Lipinski definition) is 5. The quantitative estimate of drug-likeness (QED) is 0.455. The van der Waals surface area contributed by atoms with Crippen molar-refractivity contribution in [1.82, 2.24) is 5.43 Å². The zero-order valence-electron chi connectivity index (χ0n) is 10.5. The van der Waals surface area contributed by atoms with E-state index in [1.54, 1.807) is 0 Å².